The number of amides is 1. The van der Waals surface area contributed by atoms with Crippen LogP contribution in [0.3, 0.4) is 0 Å². The molecule has 0 aliphatic carbocycles. The molecule has 3 rings (SSSR count). The lowest BCUT2D eigenvalue weighted by Crippen LogP contribution is -2.30. The van der Waals surface area contributed by atoms with Gasteiger partial charge in [-0.25, -0.2) is 4.68 Å². The maximum atomic E-state index is 12.6. The molecular weight excluding hydrogens is 304 g/mol. The number of carbonyl (C=O) groups excluding carboxylic acids is 1. The zero-order chi connectivity index (χ0) is 15.5. The summed E-state index contributed by atoms with van der Waals surface area (Å²) in [7, 11) is 1.93. The molecule has 1 saturated heterocycles. The second kappa shape index (κ2) is 6.41. The van der Waals surface area contributed by atoms with Crippen molar-refractivity contribution >= 4 is 17.5 Å². The first-order valence-electron chi connectivity index (χ1n) is 7.16. The Kier molecular flexibility index (Phi) is 4.35. The minimum absolute atomic E-state index is 0.0214. The molecule has 2 heterocycles. The molecule has 1 aromatic heterocycles. The Bertz CT molecular complexity index is 659. The van der Waals surface area contributed by atoms with Crippen molar-refractivity contribution < 1.29 is 4.79 Å². The van der Waals surface area contributed by atoms with Crippen LogP contribution in [-0.4, -0.2) is 57.7 Å². The van der Waals surface area contributed by atoms with Gasteiger partial charge < -0.3 is 10.2 Å². The van der Waals surface area contributed by atoms with Gasteiger partial charge in [-0.05, 0) is 54.6 Å². The van der Waals surface area contributed by atoms with E-state index in [0.29, 0.717) is 16.5 Å². The number of hydrogen-bond donors (Lipinski definition) is 1. The number of nitrogens with one attached hydrogen (secondary N) is 1. The van der Waals surface area contributed by atoms with Crippen LogP contribution < -0.4 is 5.32 Å². The summed E-state index contributed by atoms with van der Waals surface area (Å²) in [4.78, 5) is 14.5. The van der Waals surface area contributed by atoms with Gasteiger partial charge in [0.1, 0.15) is 6.33 Å². The average Bonchev–Trinajstić information content (AvgIpc) is 3.18. The van der Waals surface area contributed by atoms with Crippen LogP contribution in [0.4, 0.5) is 0 Å². The van der Waals surface area contributed by atoms with E-state index in [9.17, 15) is 4.79 Å². The van der Waals surface area contributed by atoms with Gasteiger partial charge in [-0.1, -0.05) is 11.6 Å². The summed E-state index contributed by atoms with van der Waals surface area (Å²) in [5.74, 6) is 0.486. The van der Waals surface area contributed by atoms with Crippen LogP contribution >= 0.6 is 11.6 Å². The van der Waals surface area contributed by atoms with Gasteiger partial charge in [0.15, 0.2) is 0 Å². The molecule has 1 amide bonds. The van der Waals surface area contributed by atoms with Crippen molar-refractivity contribution in [3.8, 4) is 5.69 Å². The van der Waals surface area contributed by atoms with Gasteiger partial charge in [-0.2, -0.15) is 0 Å². The number of halogens is 1. The molecular formula is C14H17ClN6O. The van der Waals surface area contributed by atoms with Gasteiger partial charge in [0.25, 0.3) is 5.91 Å². The maximum absolute atomic E-state index is 12.6. The Morgan fingerprint density at radius 2 is 2.36 bits per heavy atom. The van der Waals surface area contributed by atoms with Gasteiger partial charge in [-0.3, -0.25) is 4.79 Å². The number of benzene rings is 1. The van der Waals surface area contributed by atoms with Crippen LogP contribution in [0.25, 0.3) is 5.69 Å². The summed E-state index contributed by atoms with van der Waals surface area (Å²) in [6.07, 6.45) is 2.50. The highest BCUT2D eigenvalue weighted by Crippen LogP contribution is 2.24. The monoisotopic (exact) mass is 320 g/mol. The normalized spacial score (nSPS) is 17.9. The fourth-order valence-electron chi connectivity index (χ4n) is 2.74. The summed E-state index contributed by atoms with van der Waals surface area (Å²) >= 11 is 6.28. The van der Waals surface area contributed by atoms with Crippen LogP contribution in [0.2, 0.25) is 5.02 Å². The molecule has 1 N–H and O–H groups in total. The van der Waals surface area contributed by atoms with Crippen molar-refractivity contribution in [2.75, 3.05) is 26.7 Å². The molecule has 1 aromatic carbocycles. The molecule has 1 unspecified atom stereocenters. The van der Waals surface area contributed by atoms with Crippen LogP contribution in [-0.2, 0) is 0 Å². The predicted molar refractivity (Wildman–Crippen MR) is 82.1 cm³/mol. The van der Waals surface area contributed by atoms with E-state index in [0.717, 1.165) is 31.7 Å². The molecule has 22 heavy (non-hydrogen) atoms. The molecule has 1 atom stereocenters. The first-order valence-corrected chi connectivity index (χ1v) is 7.53. The van der Waals surface area contributed by atoms with Gasteiger partial charge in [0.05, 0.1) is 16.3 Å². The van der Waals surface area contributed by atoms with Crippen LogP contribution in [0.15, 0.2) is 24.5 Å². The van der Waals surface area contributed by atoms with Gasteiger partial charge in [-0.15, -0.1) is 5.10 Å². The lowest BCUT2D eigenvalue weighted by atomic mass is 10.1. The molecule has 1 fully saturated rings. The Labute approximate surface area is 133 Å². The standard InChI is InChI=1S/C14H17ClN6O/c1-16-7-10-4-5-20(8-10)14(22)12-3-2-11(6-13(12)15)21-9-17-18-19-21/h2-3,6,9-10,16H,4-5,7-8H2,1H3. The topological polar surface area (TPSA) is 75.9 Å². The molecule has 8 heteroatoms. The molecule has 7 nitrogen and oxygen atoms in total. The zero-order valence-corrected chi connectivity index (χ0v) is 13.0. The van der Waals surface area contributed by atoms with Crippen molar-refractivity contribution in [2.24, 2.45) is 5.92 Å². The number of carbonyl (C=O) groups is 1. The van der Waals surface area contributed by atoms with Gasteiger partial charge in [0.2, 0.25) is 0 Å². The van der Waals surface area contributed by atoms with E-state index >= 15 is 0 Å². The van der Waals surface area contributed by atoms with Crippen molar-refractivity contribution in [1.29, 1.82) is 0 Å². The lowest BCUT2D eigenvalue weighted by Gasteiger charge is -2.17. The first kappa shape index (κ1) is 14.9. The van der Waals surface area contributed by atoms with E-state index < -0.39 is 0 Å². The number of nitrogens with zero attached hydrogens (tertiary/aromatic N) is 5. The highest BCUT2D eigenvalue weighted by atomic mass is 35.5. The molecule has 0 bridgehead atoms. The Morgan fingerprint density at radius 3 is 3.05 bits per heavy atom. The summed E-state index contributed by atoms with van der Waals surface area (Å²) < 4.78 is 1.50. The molecule has 1 aliphatic heterocycles. The van der Waals surface area contributed by atoms with E-state index in [1.807, 2.05) is 11.9 Å². The minimum Gasteiger partial charge on any atom is -0.338 e. The molecule has 0 spiro atoms. The van der Waals surface area contributed by atoms with Crippen LogP contribution in [0.5, 0.6) is 0 Å². The van der Waals surface area contributed by atoms with Crippen molar-refractivity contribution in [3.63, 3.8) is 0 Å². The SMILES string of the molecule is CNCC1CCN(C(=O)c2ccc(-n3cnnn3)cc2Cl)C1. The zero-order valence-electron chi connectivity index (χ0n) is 12.2. The predicted octanol–water partition coefficient (Wildman–Crippen LogP) is 0.997. The van der Waals surface area contributed by atoms with E-state index in [-0.39, 0.29) is 5.91 Å². The highest BCUT2D eigenvalue weighted by Gasteiger charge is 2.27. The second-order valence-electron chi connectivity index (χ2n) is 5.38. The lowest BCUT2D eigenvalue weighted by molar-refractivity contribution is 0.0787. The minimum atomic E-state index is -0.0214. The fourth-order valence-corrected chi connectivity index (χ4v) is 3.00. The third kappa shape index (κ3) is 2.95. The largest absolute Gasteiger partial charge is 0.338 e. The highest BCUT2D eigenvalue weighted by molar-refractivity contribution is 6.34. The summed E-state index contributed by atoms with van der Waals surface area (Å²) in [6, 6.07) is 5.22. The number of rotatable bonds is 4. The first-order chi connectivity index (χ1) is 10.7. The van der Waals surface area contributed by atoms with E-state index in [1.165, 1.54) is 11.0 Å². The summed E-state index contributed by atoms with van der Waals surface area (Å²) in [5.41, 5.74) is 1.24. The van der Waals surface area contributed by atoms with Gasteiger partial charge >= 0.3 is 0 Å². The number of tetrazole rings is 1. The Morgan fingerprint density at radius 1 is 1.50 bits per heavy atom. The molecule has 116 valence electrons. The summed E-state index contributed by atoms with van der Waals surface area (Å²) in [5, 5.41) is 14.5. The Balaban J connectivity index is 1.76. The van der Waals surface area contributed by atoms with Crippen LogP contribution in [0, 0.1) is 5.92 Å². The quantitative estimate of drug-likeness (QED) is 0.909. The van der Waals surface area contributed by atoms with E-state index in [1.54, 1.807) is 18.2 Å². The molecule has 1 aliphatic rings. The van der Waals surface area contributed by atoms with Crippen molar-refractivity contribution in [3.05, 3.63) is 35.1 Å². The van der Waals surface area contributed by atoms with Crippen molar-refractivity contribution in [1.82, 2.24) is 30.4 Å². The number of hydrogen-bond acceptors (Lipinski definition) is 5. The van der Waals surface area contributed by atoms with Crippen molar-refractivity contribution in [2.45, 2.75) is 6.42 Å². The molecule has 2 aromatic rings. The van der Waals surface area contributed by atoms with E-state index in [2.05, 4.69) is 20.8 Å². The number of likely N-dealkylation sites (tertiary alicyclic amines) is 1. The number of aromatic nitrogens is 4. The van der Waals surface area contributed by atoms with Crippen LogP contribution in [0.1, 0.15) is 16.8 Å². The van der Waals surface area contributed by atoms with Gasteiger partial charge in [0, 0.05) is 13.1 Å². The van der Waals surface area contributed by atoms with E-state index in [4.69, 9.17) is 11.6 Å². The summed E-state index contributed by atoms with van der Waals surface area (Å²) in [6.45, 7) is 2.47. The smallest absolute Gasteiger partial charge is 0.255 e. The maximum Gasteiger partial charge on any atom is 0.255 e. The average molecular weight is 321 g/mol. The fraction of sp³-hybridized carbons (Fsp3) is 0.429. The Hall–Kier alpha value is -1.99. The second-order valence-corrected chi connectivity index (χ2v) is 5.79. The third-order valence-corrected chi connectivity index (χ3v) is 4.18. The third-order valence-electron chi connectivity index (χ3n) is 3.86. The molecule has 0 radical (unpaired) electrons. The molecule has 0 saturated carbocycles.